The number of alkyl halides is 1. The number of benzene rings is 1. The van der Waals surface area contributed by atoms with E-state index in [1.165, 1.54) is 4.90 Å². The fourth-order valence-electron chi connectivity index (χ4n) is 1.35. The van der Waals surface area contributed by atoms with Crippen molar-refractivity contribution in [3.8, 4) is 0 Å². The summed E-state index contributed by atoms with van der Waals surface area (Å²) < 4.78 is 0. The van der Waals surface area contributed by atoms with E-state index in [9.17, 15) is 0 Å². The zero-order chi connectivity index (χ0) is 11.6. The SMILES string of the molecule is CCC(Cl)CCNCCSc1ccccc1. The molecule has 90 valence electrons. The monoisotopic (exact) mass is 257 g/mol. The molecule has 1 aromatic rings. The number of rotatable bonds is 8. The standard InChI is InChI=1S/C13H20ClNS/c1-2-12(14)8-9-15-10-11-16-13-6-4-3-5-7-13/h3-7,12,15H,2,8-11H2,1H3. The summed E-state index contributed by atoms with van der Waals surface area (Å²) >= 11 is 7.92. The maximum absolute atomic E-state index is 6.03. The van der Waals surface area contributed by atoms with Crippen molar-refractivity contribution in [2.45, 2.75) is 30.0 Å². The molecule has 0 saturated heterocycles. The van der Waals surface area contributed by atoms with Gasteiger partial charge in [-0.3, -0.25) is 0 Å². The molecule has 0 aliphatic rings. The fraction of sp³-hybridized carbons (Fsp3) is 0.538. The van der Waals surface area contributed by atoms with Crippen molar-refractivity contribution >= 4 is 23.4 Å². The van der Waals surface area contributed by atoms with Crippen LogP contribution in [-0.4, -0.2) is 24.2 Å². The van der Waals surface area contributed by atoms with Crippen LogP contribution in [0.1, 0.15) is 19.8 Å². The molecule has 1 aromatic carbocycles. The van der Waals surface area contributed by atoms with Crippen LogP contribution >= 0.6 is 23.4 Å². The van der Waals surface area contributed by atoms with E-state index < -0.39 is 0 Å². The number of hydrogen-bond acceptors (Lipinski definition) is 2. The predicted molar refractivity (Wildman–Crippen MR) is 74.6 cm³/mol. The average molecular weight is 258 g/mol. The molecule has 0 aliphatic heterocycles. The van der Waals surface area contributed by atoms with Crippen molar-refractivity contribution in [2.24, 2.45) is 0 Å². The van der Waals surface area contributed by atoms with Gasteiger partial charge in [0.2, 0.25) is 0 Å². The molecule has 0 fully saturated rings. The molecule has 0 saturated carbocycles. The van der Waals surface area contributed by atoms with Crippen molar-refractivity contribution in [3.63, 3.8) is 0 Å². The molecular formula is C13H20ClNS. The molecule has 0 heterocycles. The minimum Gasteiger partial charge on any atom is -0.316 e. The van der Waals surface area contributed by atoms with Gasteiger partial charge in [-0.05, 0) is 31.5 Å². The van der Waals surface area contributed by atoms with Gasteiger partial charge in [-0.2, -0.15) is 0 Å². The molecule has 0 aliphatic carbocycles. The normalized spacial score (nSPS) is 12.6. The van der Waals surface area contributed by atoms with E-state index in [0.29, 0.717) is 5.38 Å². The summed E-state index contributed by atoms with van der Waals surface area (Å²) in [6.07, 6.45) is 2.12. The van der Waals surface area contributed by atoms with Gasteiger partial charge in [0.15, 0.2) is 0 Å². The molecule has 1 rings (SSSR count). The zero-order valence-electron chi connectivity index (χ0n) is 9.79. The Morgan fingerprint density at radius 1 is 1.25 bits per heavy atom. The van der Waals surface area contributed by atoms with Gasteiger partial charge < -0.3 is 5.32 Å². The quantitative estimate of drug-likeness (QED) is 0.432. The molecule has 3 heteroatoms. The Kier molecular flexibility index (Phi) is 7.73. The van der Waals surface area contributed by atoms with Crippen LogP contribution in [0.2, 0.25) is 0 Å². The van der Waals surface area contributed by atoms with Crippen LogP contribution in [0.15, 0.2) is 35.2 Å². The summed E-state index contributed by atoms with van der Waals surface area (Å²) in [5, 5.41) is 3.74. The first-order valence-electron chi connectivity index (χ1n) is 5.85. The van der Waals surface area contributed by atoms with Crippen LogP contribution in [0.4, 0.5) is 0 Å². The topological polar surface area (TPSA) is 12.0 Å². The van der Waals surface area contributed by atoms with Crippen molar-refractivity contribution in [2.75, 3.05) is 18.8 Å². The first-order valence-corrected chi connectivity index (χ1v) is 7.27. The lowest BCUT2D eigenvalue weighted by atomic mass is 10.2. The molecule has 1 unspecified atom stereocenters. The maximum atomic E-state index is 6.03. The highest BCUT2D eigenvalue weighted by Gasteiger charge is 1.99. The molecule has 0 amide bonds. The third kappa shape index (κ3) is 6.41. The smallest absolute Gasteiger partial charge is 0.0345 e. The first kappa shape index (κ1) is 13.9. The Morgan fingerprint density at radius 2 is 2.00 bits per heavy atom. The lowest BCUT2D eigenvalue weighted by molar-refractivity contribution is 0.641. The van der Waals surface area contributed by atoms with E-state index in [1.54, 1.807) is 0 Å². The highest BCUT2D eigenvalue weighted by molar-refractivity contribution is 7.99. The van der Waals surface area contributed by atoms with E-state index in [-0.39, 0.29) is 0 Å². The van der Waals surface area contributed by atoms with Crippen LogP contribution in [0, 0.1) is 0 Å². The first-order chi connectivity index (χ1) is 7.83. The Balaban J connectivity index is 1.96. The molecule has 1 N–H and O–H groups in total. The van der Waals surface area contributed by atoms with Crippen LogP contribution in [0.25, 0.3) is 0 Å². The second-order valence-electron chi connectivity index (χ2n) is 3.71. The largest absolute Gasteiger partial charge is 0.316 e. The van der Waals surface area contributed by atoms with E-state index in [2.05, 4.69) is 36.5 Å². The molecule has 0 aromatic heterocycles. The molecule has 0 spiro atoms. The summed E-state index contributed by atoms with van der Waals surface area (Å²) in [7, 11) is 0. The summed E-state index contributed by atoms with van der Waals surface area (Å²) in [5.41, 5.74) is 0. The Morgan fingerprint density at radius 3 is 2.69 bits per heavy atom. The van der Waals surface area contributed by atoms with Crippen LogP contribution < -0.4 is 5.32 Å². The van der Waals surface area contributed by atoms with Crippen LogP contribution in [0.5, 0.6) is 0 Å². The van der Waals surface area contributed by atoms with Crippen LogP contribution in [-0.2, 0) is 0 Å². The van der Waals surface area contributed by atoms with Gasteiger partial charge in [-0.1, -0.05) is 25.1 Å². The molecular weight excluding hydrogens is 238 g/mol. The summed E-state index contributed by atoms with van der Waals surface area (Å²) in [6, 6.07) is 10.5. The third-order valence-corrected chi connectivity index (χ3v) is 3.91. The maximum Gasteiger partial charge on any atom is 0.0345 e. The Bertz CT molecular complexity index is 266. The molecule has 16 heavy (non-hydrogen) atoms. The van der Waals surface area contributed by atoms with Gasteiger partial charge in [-0.15, -0.1) is 23.4 Å². The Hall–Kier alpha value is -0.180. The van der Waals surface area contributed by atoms with Crippen molar-refractivity contribution in [3.05, 3.63) is 30.3 Å². The van der Waals surface area contributed by atoms with Gasteiger partial charge in [0.25, 0.3) is 0 Å². The minimum absolute atomic E-state index is 0.328. The molecule has 1 nitrogen and oxygen atoms in total. The van der Waals surface area contributed by atoms with Gasteiger partial charge in [0, 0.05) is 22.6 Å². The van der Waals surface area contributed by atoms with E-state index in [0.717, 1.165) is 31.7 Å². The van der Waals surface area contributed by atoms with Gasteiger partial charge in [0.05, 0.1) is 0 Å². The highest BCUT2D eigenvalue weighted by atomic mass is 35.5. The summed E-state index contributed by atoms with van der Waals surface area (Å²) in [6.45, 7) is 4.20. The van der Waals surface area contributed by atoms with Gasteiger partial charge in [-0.25, -0.2) is 0 Å². The minimum atomic E-state index is 0.328. The molecule has 0 radical (unpaired) electrons. The lowest BCUT2D eigenvalue weighted by Gasteiger charge is -2.07. The highest BCUT2D eigenvalue weighted by Crippen LogP contribution is 2.15. The summed E-state index contributed by atoms with van der Waals surface area (Å²) in [4.78, 5) is 1.34. The van der Waals surface area contributed by atoms with E-state index >= 15 is 0 Å². The van der Waals surface area contributed by atoms with Crippen LogP contribution in [0.3, 0.4) is 0 Å². The molecule has 0 bridgehead atoms. The van der Waals surface area contributed by atoms with Crippen molar-refractivity contribution < 1.29 is 0 Å². The number of thioether (sulfide) groups is 1. The lowest BCUT2D eigenvalue weighted by Crippen LogP contribution is -2.20. The number of hydrogen-bond donors (Lipinski definition) is 1. The predicted octanol–water partition coefficient (Wildman–Crippen LogP) is 3.78. The zero-order valence-corrected chi connectivity index (χ0v) is 11.4. The average Bonchev–Trinajstić information content (AvgIpc) is 2.34. The van der Waals surface area contributed by atoms with Gasteiger partial charge in [0.1, 0.15) is 0 Å². The number of nitrogens with one attached hydrogen (secondary N) is 1. The Labute approximate surface area is 108 Å². The van der Waals surface area contributed by atoms with E-state index in [4.69, 9.17) is 11.6 Å². The second kappa shape index (κ2) is 8.91. The van der Waals surface area contributed by atoms with Crippen molar-refractivity contribution in [1.29, 1.82) is 0 Å². The van der Waals surface area contributed by atoms with Gasteiger partial charge >= 0.3 is 0 Å². The number of halogens is 1. The third-order valence-electron chi connectivity index (χ3n) is 2.37. The summed E-state index contributed by atoms with van der Waals surface area (Å²) in [5.74, 6) is 1.11. The second-order valence-corrected chi connectivity index (χ2v) is 5.49. The molecule has 1 atom stereocenters. The van der Waals surface area contributed by atoms with Crippen molar-refractivity contribution in [1.82, 2.24) is 5.32 Å². The van der Waals surface area contributed by atoms with E-state index in [1.807, 2.05) is 17.8 Å². The fourth-order valence-corrected chi connectivity index (χ4v) is 2.29.